The molecule has 0 spiro atoms. The summed E-state index contributed by atoms with van der Waals surface area (Å²) in [5.41, 5.74) is 1.50. The summed E-state index contributed by atoms with van der Waals surface area (Å²) >= 11 is 5.98. The average molecular weight is 343 g/mol. The van der Waals surface area contributed by atoms with Crippen LogP contribution in [0, 0.1) is 0 Å². The van der Waals surface area contributed by atoms with Crippen molar-refractivity contribution in [1.29, 1.82) is 0 Å². The second kappa shape index (κ2) is 6.76. The van der Waals surface area contributed by atoms with E-state index in [1.807, 2.05) is 18.2 Å². The summed E-state index contributed by atoms with van der Waals surface area (Å²) in [4.78, 5) is 16.8. The van der Waals surface area contributed by atoms with Gasteiger partial charge in [0, 0.05) is 10.4 Å². The highest BCUT2D eigenvalue weighted by molar-refractivity contribution is 6.31. The van der Waals surface area contributed by atoms with Crippen LogP contribution in [0.25, 0.3) is 10.9 Å². The fourth-order valence-electron chi connectivity index (χ4n) is 2.32. The van der Waals surface area contributed by atoms with Crippen molar-refractivity contribution in [2.75, 3.05) is 19.5 Å². The summed E-state index contributed by atoms with van der Waals surface area (Å²) in [7, 11) is 3.13. The highest BCUT2D eigenvalue weighted by Crippen LogP contribution is 2.28. The van der Waals surface area contributed by atoms with Crippen LogP contribution in [0.2, 0.25) is 5.02 Å². The molecular weight excluding hydrogens is 328 g/mol. The molecule has 1 heterocycles. The molecule has 0 unspecified atom stereocenters. The van der Waals surface area contributed by atoms with Crippen molar-refractivity contribution in [2.45, 2.75) is 0 Å². The third kappa shape index (κ3) is 3.26. The molecule has 122 valence electrons. The number of amides is 1. The summed E-state index contributed by atoms with van der Waals surface area (Å²) in [6.45, 7) is 0. The number of hydrogen-bond donors (Lipinski definition) is 1. The molecule has 0 atom stereocenters. The van der Waals surface area contributed by atoms with Crippen LogP contribution in [-0.2, 0) is 0 Å². The van der Waals surface area contributed by atoms with E-state index in [2.05, 4.69) is 10.3 Å². The van der Waals surface area contributed by atoms with Gasteiger partial charge in [-0.2, -0.15) is 0 Å². The molecule has 3 aromatic rings. The Kier molecular flexibility index (Phi) is 4.53. The second-order valence-corrected chi connectivity index (χ2v) is 5.49. The van der Waals surface area contributed by atoms with Gasteiger partial charge < -0.3 is 14.8 Å². The molecule has 3 rings (SSSR count). The van der Waals surface area contributed by atoms with Crippen LogP contribution < -0.4 is 14.8 Å². The van der Waals surface area contributed by atoms with Crippen molar-refractivity contribution < 1.29 is 14.3 Å². The average Bonchev–Trinajstić information content (AvgIpc) is 2.61. The second-order valence-electron chi connectivity index (χ2n) is 5.05. The lowest BCUT2D eigenvalue weighted by molar-refractivity contribution is 0.102. The molecule has 0 aliphatic carbocycles. The minimum atomic E-state index is -0.340. The van der Waals surface area contributed by atoms with Crippen molar-refractivity contribution in [3.8, 4) is 11.5 Å². The third-order valence-electron chi connectivity index (χ3n) is 3.54. The Bertz CT molecular complexity index is 912. The number of rotatable bonds is 4. The van der Waals surface area contributed by atoms with Crippen molar-refractivity contribution in [1.82, 2.24) is 4.98 Å². The minimum absolute atomic E-state index is 0.301. The van der Waals surface area contributed by atoms with Gasteiger partial charge in [0.1, 0.15) is 17.2 Å². The molecule has 0 aliphatic rings. The first-order valence-electron chi connectivity index (χ1n) is 7.20. The van der Waals surface area contributed by atoms with E-state index in [4.69, 9.17) is 21.1 Å². The Hall–Kier alpha value is -2.79. The number of pyridine rings is 1. The van der Waals surface area contributed by atoms with E-state index in [-0.39, 0.29) is 5.91 Å². The van der Waals surface area contributed by atoms with Crippen LogP contribution in [0.4, 0.5) is 5.69 Å². The van der Waals surface area contributed by atoms with Gasteiger partial charge in [-0.3, -0.25) is 4.79 Å². The number of ether oxygens (including phenoxy) is 2. The van der Waals surface area contributed by atoms with Crippen molar-refractivity contribution in [2.24, 2.45) is 0 Å². The Balaban J connectivity index is 1.90. The molecule has 5 nitrogen and oxygen atoms in total. The van der Waals surface area contributed by atoms with Gasteiger partial charge in [0.05, 0.1) is 25.4 Å². The SMILES string of the molecule is COc1ccc2nc(C(=O)Nc3cc(Cl)ccc3OC)ccc2c1. The van der Waals surface area contributed by atoms with Crippen LogP contribution in [-0.4, -0.2) is 25.1 Å². The number of anilines is 1. The van der Waals surface area contributed by atoms with E-state index in [1.54, 1.807) is 37.4 Å². The number of hydrogen-bond acceptors (Lipinski definition) is 4. The highest BCUT2D eigenvalue weighted by atomic mass is 35.5. The van der Waals surface area contributed by atoms with Crippen LogP contribution in [0.1, 0.15) is 10.5 Å². The van der Waals surface area contributed by atoms with Gasteiger partial charge in [-0.15, -0.1) is 0 Å². The Morgan fingerprint density at radius 1 is 1.04 bits per heavy atom. The summed E-state index contributed by atoms with van der Waals surface area (Å²) in [6.07, 6.45) is 0. The van der Waals surface area contributed by atoms with Gasteiger partial charge in [0.25, 0.3) is 5.91 Å². The molecule has 2 aromatic carbocycles. The highest BCUT2D eigenvalue weighted by Gasteiger charge is 2.12. The molecule has 24 heavy (non-hydrogen) atoms. The number of aromatic nitrogens is 1. The molecule has 0 fully saturated rings. The first-order valence-corrected chi connectivity index (χ1v) is 7.58. The number of carbonyl (C=O) groups excluding carboxylic acids is 1. The normalized spacial score (nSPS) is 10.5. The van der Waals surface area contributed by atoms with Gasteiger partial charge in [-0.1, -0.05) is 17.7 Å². The first kappa shape index (κ1) is 16.1. The maximum absolute atomic E-state index is 12.5. The van der Waals surface area contributed by atoms with Crippen LogP contribution in [0.3, 0.4) is 0 Å². The Labute approximate surface area is 144 Å². The molecular formula is C18H15ClN2O3. The first-order chi connectivity index (χ1) is 11.6. The summed E-state index contributed by atoms with van der Waals surface area (Å²) < 4.78 is 10.4. The predicted molar refractivity (Wildman–Crippen MR) is 94.3 cm³/mol. The largest absolute Gasteiger partial charge is 0.497 e. The molecule has 0 saturated carbocycles. The third-order valence-corrected chi connectivity index (χ3v) is 3.77. The van der Waals surface area contributed by atoms with E-state index >= 15 is 0 Å². The number of nitrogens with zero attached hydrogens (tertiary/aromatic N) is 1. The molecule has 0 bridgehead atoms. The van der Waals surface area contributed by atoms with Gasteiger partial charge >= 0.3 is 0 Å². The van der Waals surface area contributed by atoms with Gasteiger partial charge in [-0.05, 0) is 42.5 Å². The standard InChI is InChI=1S/C18H15ClN2O3/c1-23-13-5-7-14-11(9-13)3-6-15(20-14)18(22)21-16-10-12(19)4-8-17(16)24-2/h3-10H,1-2H3,(H,21,22). The molecule has 6 heteroatoms. The Morgan fingerprint density at radius 2 is 1.88 bits per heavy atom. The zero-order valence-electron chi connectivity index (χ0n) is 13.2. The van der Waals surface area contributed by atoms with Crippen molar-refractivity contribution in [3.05, 3.63) is 59.2 Å². The number of carbonyl (C=O) groups is 1. The molecule has 0 aliphatic heterocycles. The maximum Gasteiger partial charge on any atom is 0.274 e. The fourth-order valence-corrected chi connectivity index (χ4v) is 2.49. The lowest BCUT2D eigenvalue weighted by Crippen LogP contribution is -2.14. The molecule has 0 saturated heterocycles. The summed E-state index contributed by atoms with van der Waals surface area (Å²) in [6, 6.07) is 14.0. The maximum atomic E-state index is 12.5. The zero-order chi connectivity index (χ0) is 17.1. The van der Waals surface area contributed by atoms with E-state index < -0.39 is 0 Å². The van der Waals surface area contributed by atoms with E-state index in [0.717, 1.165) is 11.1 Å². The smallest absolute Gasteiger partial charge is 0.274 e. The van der Waals surface area contributed by atoms with E-state index in [1.165, 1.54) is 7.11 Å². The van der Waals surface area contributed by atoms with E-state index in [9.17, 15) is 4.79 Å². The monoisotopic (exact) mass is 342 g/mol. The number of halogens is 1. The summed E-state index contributed by atoms with van der Waals surface area (Å²) in [5, 5.41) is 4.17. The number of benzene rings is 2. The van der Waals surface area contributed by atoms with Gasteiger partial charge in [0.2, 0.25) is 0 Å². The minimum Gasteiger partial charge on any atom is -0.497 e. The van der Waals surface area contributed by atoms with Crippen molar-refractivity contribution >= 4 is 34.1 Å². The van der Waals surface area contributed by atoms with E-state index in [0.29, 0.717) is 27.7 Å². The fraction of sp³-hybridized carbons (Fsp3) is 0.111. The predicted octanol–water partition coefficient (Wildman–Crippen LogP) is 4.16. The lowest BCUT2D eigenvalue weighted by atomic mass is 10.2. The van der Waals surface area contributed by atoms with Crippen LogP contribution >= 0.6 is 11.6 Å². The van der Waals surface area contributed by atoms with Crippen LogP contribution in [0.5, 0.6) is 11.5 Å². The molecule has 1 N–H and O–H groups in total. The molecule has 0 radical (unpaired) electrons. The van der Waals surface area contributed by atoms with Gasteiger partial charge in [0.15, 0.2) is 0 Å². The molecule has 1 amide bonds. The lowest BCUT2D eigenvalue weighted by Gasteiger charge is -2.10. The number of nitrogens with one attached hydrogen (secondary N) is 1. The van der Waals surface area contributed by atoms with Crippen molar-refractivity contribution in [3.63, 3.8) is 0 Å². The molecule has 1 aromatic heterocycles. The summed E-state index contributed by atoms with van der Waals surface area (Å²) in [5.74, 6) is 0.928. The Morgan fingerprint density at radius 3 is 2.62 bits per heavy atom. The number of fused-ring (bicyclic) bond motifs is 1. The quantitative estimate of drug-likeness (QED) is 0.773. The van der Waals surface area contributed by atoms with Gasteiger partial charge in [-0.25, -0.2) is 4.98 Å². The number of methoxy groups -OCH3 is 2. The zero-order valence-corrected chi connectivity index (χ0v) is 13.9. The topological polar surface area (TPSA) is 60.5 Å². The van der Waals surface area contributed by atoms with Crippen LogP contribution in [0.15, 0.2) is 48.5 Å².